The second-order valence-corrected chi connectivity index (χ2v) is 7.90. The quantitative estimate of drug-likeness (QED) is 0.340. The lowest BCUT2D eigenvalue weighted by Gasteiger charge is -2.20. The van der Waals surface area contributed by atoms with E-state index in [9.17, 15) is 4.79 Å². The molecule has 0 bridgehead atoms. The second-order valence-electron chi connectivity index (χ2n) is 7.14. The molecule has 0 aliphatic heterocycles. The number of para-hydroxylation sites is 1. The number of anilines is 3. The Morgan fingerprint density at radius 3 is 2.29 bits per heavy atom. The van der Waals surface area contributed by atoms with Crippen molar-refractivity contribution in [3.63, 3.8) is 0 Å². The van der Waals surface area contributed by atoms with Gasteiger partial charge in [-0.05, 0) is 31.6 Å². The number of hydrogen-bond acceptors (Lipinski definition) is 7. The summed E-state index contributed by atoms with van der Waals surface area (Å²) in [5.41, 5.74) is 2.67. The van der Waals surface area contributed by atoms with Crippen LogP contribution in [0.25, 0.3) is 0 Å². The van der Waals surface area contributed by atoms with Gasteiger partial charge in [-0.25, -0.2) is 9.97 Å². The summed E-state index contributed by atoms with van der Waals surface area (Å²) in [6.45, 7) is 7.17. The maximum absolute atomic E-state index is 11.8. The van der Waals surface area contributed by atoms with Gasteiger partial charge in [0.25, 0.3) is 0 Å². The molecule has 10 heteroatoms. The number of nitrogens with one attached hydrogen (secondary N) is 2. The molecule has 0 aliphatic carbocycles. The standard InChI is InChI=1S/C24H24Cl2N4O4/c1-6-19(31)29-16-9-7-8-13(2)23(16)30-24-27-11-15(12-28-24)34-14(3)20-21(25)17(32-4)10-18(33-5)22(20)26/h6-12,14H,1H2,2-5H3,(H,29,31)(H,27,28,30). The minimum atomic E-state index is -0.552. The normalized spacial score (nSPS) is 11.4. The van der Waals surface area contributed by atoms with Crippen molar-refractivity contribution in [3.05, 3.63) is 70.5 Å². The van der Waals surface area contributed by atoms with Gasteiger partial charge in [0.15, 0.2) is 5.75 Å². The van der Waals surface area contributed by atoms with Crippen LogP contribution in [0, 0.1) is 6.92 Å². The third-order valence-corrected chi connectivity index (χ3v) is 5.69. The molecule has 0 spiro atoms. The molecule has 1 amide bonds. The second kappa shape index (κ2) is 11.1. The lowest BCUT2D eigenvalue weighted by molar-refractivity contribution is -0.111. The first-order valence-electron chi connectivity index (χ1n) is 10.2. The van der Waals surface area contributed by atoms with Crippen LogP contribution < -0.4 is 24.8 Å². The number of carbonyl (C=O) groups excluding carboxylic acids is 1. The van der Waals surface area contributed by atoms with E-state index in [1.54, 1.807) is 19.1 Å². The fraction of sp³-hybridized carbons (Fsp3) is 0.208. The van der Waals surface area contributed by atoms with E-state index < -0.39 is 6.10 Å². The van der Waals surface area contributed by atoms with E-state index in [4.69, 9.17) is 37.4 Å². The molecule has 2 aromatic carbocycles. The number of rotatable bonds is 9. The van der Waals surface area contributed by atoms with Crippen LogP contribution in [-0.4, -0.2) is 30.1 Å². The predicted octanol–water partition coefficient (Wildman–Crippen LogP) is 6.12. The largest absolute Gasteiger partial charge is 0.495 e. The Balaban J connectivity index is 1.81. The minimum absolute atomic E-state index is 0.321. The van der Waals surface area contributed by atoms with Crippen molar-refractivity contribution < 1.29 is 19.0 Å². The number of ether oxygens (including phenoxy) is 3. The third kappa shape index (κ3) is 5.52. The van der Waals surface area contributed by atoms with Crippen molar-refractivity contribution in [2.45, 2.75) is 20.0 Å². The van der Waals surface area contributed by atoms with Gasteiger partial charge in [0.05, 0.1) is 48.0 Å². The van der Waals surface area contributed by atoms with E-state index in [0.29, 0.717) is 50.2 Å². The van der Waals surface area contributed by atoms with Gasteiger partial charge < -0.3 is 24.8 Å². The van der Waals surface area contributed by atoms with Crippen molar-refractivity contribution in [1.29, 1.82) is 0 Å². The predicted molar refractivity (Wildman–Crippen MR) is 134 cm³/mol. The van der Waals surface area contributed by atoms with Gasteiger partial charge in [-0.15, -0.1) is 0 Å². The Labute approximate surface area is 207 Å². The maximum atomic E-state index is 11.8. The first-order valence-corrected chi connectivity index (χ1v) is 10.9. The van der Waals surface area contributed by atoms with Gasteiger partial charge in [-0.3, -0.25) is 4.79 Å². The van der Waals surface area contributed by atoms with Crippen molar-refractivity contribution in [1.82, 2.24) is 9.97 Å². The lowest BCUT2D eigenvalue weighted by atomic mass is 10.1. The summed E-state index contributed by atoms with van der Waals surface area (Å²) in [6, 6.07) is 7.12. The van der Waals surface area contributed by atoms with Crippen molar-refractivity contribution >= 4 is 46.4 Å². The molecule has 1 aromatic heterocycles. The number of benzene rings is 2. The number of aromatic nitrogens is 2. The SMILES string of the molecule is C=CC(=O)Nc1cccc(C)c1Nc1ncc(OC(C)c2c(Cl)c(OC)cc(OC)c2Cl)cn1. The molecule has 3 aromatic rings. The molecular weight excluding hydrogens is 479 g/mol. The Bertz CT molecular complexity index is 1170. The molecule has 0 fully saturated rings. The highest BCUT2D eigenvalue weighted by atomic mass is 35.5. The number of nitrogens with zero attached hydrogens (tertiary/aromatic N) is 2. The molecule has 34 heavy (non-hydrogen) atoms. The van der Waals surface area contributed by atoms with Crippen LogP contribution in [0.4, 0.5) is 17.3 Å². The summed E-state index contributed by atoms with van der Waals surface area (Å²) in [4.78, 5) is 20.4. The Kier molecular flexibility index (Phi) is 8.20. The van der Waals surface area contributed by atoms with Crippen LogP contribution in [0.2, 0.25) is 10.0 Å². The van der Waals surface area contributed by atoms with Gasteiger partial charge in [-0.1, -0.05) is 41.9 Å². The highest BCUT2D eigenvalue weighted by Gasteiger charge is 2.23. The van der Waals surface area contributed by atoms with Crippen LogP contribution in [0.3, 0.4) is 0 Å². The van der Waals surface area contributed by atoms with Crippen LogP contribution in [-0.2, 0) is 4.79 Å². The zero-order chi connectivity index (χ0) is 24.8. The van der Waals surface area contributed by atoms with E-state index in [-0.39, 0.29) is 5.91 Å². The number of carbonyl (C=O) groups is 1. The molecule has 3 rings (SSSR count). The van der Waals surface area contributed by atoms with Crippen LogP contribution in [0.5, 0.6) is 17.2 Å². The van der Waals surface area contributed by atoms with Gasteiger partial charge >= 0.3 is 0 Å². The van der Waals surface area contributed by atoms with Crippen LogP contribution in [0.15, 0.2) is 49.3 Å². The van der Waals surface area contributed by atoms with E-state index in [1.165, 1.54) is 32.7 Å². The molecule has 8 nitrogen and oxygen atoms in total. The molecule has 1 unspecified atom stereocenters. The molecule has 178 valence electrons. The molecule has 0 aliphatic rings. The molecular formula is C24H24Cl2N4O4. The number of amides is 1. The Hall–Kier alpha value is -3.49. The number of hydrogen-bond donors (Lipinski definition) is 2. The van der Waals surface area contributed by atoms with Crippen LogP contribution >= 0.6 is 23.2 Å². The fourth-order valence-electron chi connectivity index (χ4n) is 3.20. The van der Waals surface area contributed by atoms with E-state index in [1.807, 2.05) is 19.1 Å². The Morgan fingerprint density at radius 2 is 1.74 bits per heavy atom. The summed E-state index contributed by atoms with van der Waals surface area (Å²) in [5.74, 6) is 1.24. The summed E-state index contributed by atoms with van der Waals surface area (Å²) >= 11 is 12.9. The highest BCUT2D eigenvalue weighted by Crippen LogP contribution is 2.44. The first kappa shape index (κ1) is 25.1. The first-order chi connectivity index (χ1) is 16.3. The summed E-state index contributed by atoms with van der Waals surface area (Å²) in [7, 11) is 3.01. The molecule has 1 atom stereocenters. The summed E-state index contributed by atoms with van der Waals surface area (Å²) in [5, 5.41) is 6.54. The molecule has 0 saturated heterocycles. The fourth-order valence-corrected chi connectivity index (χ4v) is 4.01. The van der Waals surface area contributed by atoms with Crippen molar-refractivity contribution in [2.24, 2.45) is 0 Å². The van der Waals surface area contributed by atoms with Gasteiger partial charge in [0, 0.05) is 11.6 Å². The van der Waals surface area contributed by atoms with Gasteiger partial charge in [-0.2, -0.15) is 0 Å². The number of aryl methyl sites for hydroxylation is 1. The highest BCUT2D eigenvalue weighted by molar-refractivity contribution is 6.38. The van der Waals surface area contributed by atoms with Gasteiger partial charge in [0.1, 0.15) is 17.6 Å². The molecule has 1 heterocycles. The smallest absolute Gasteiger partial charge is 0.247 e. The Morgan fingerprint density at radius 1 is 1.12 bits per heavy atom. The number of halogens is 2. The average molecular weight is 503 g/mol. The zero-order valence-corrected chi connectivity index (χ0v) is 20.6. The van der Waals surface area contributed by atoms with Crippen molar-refractivity contribution in [3.8, 4) is 17.2 Å². The molecule has 0 saturated carbocycles. The summed E-state index contributed by atoms with van der Waals surface area (Å²) < 4.78 is 16.6. The number of methoxy groups -OCH3 is 2. The topological polar surface area (TPSA) is 94.6 Å². The average Bonchev–Trinajstić information content (AvgIpc) is 2.82. The maximum Gasteiger partial charge on any atom is 0.247 e. The third-order valence-electron chi connectivity index (χ3n) is 4.91. The van der Waals surface area contributed by atoms with Gasteiger partial charge in [0.2, 0.25) is 11.9 Å². The van der Waals surface area contributed by atoms with E-state index in [2.05, 4.69) is 27.2 Å². The van der Waals surface area contributed by atoms with E-state index in [0.717, 1.165) is 5.56 Å². The van der Waals surface area contributed by atoms with Crippen LogP contribution in [0.1, 0.15) is 24.2 Å². The molecule has 0 radical (unpaired) electrons. The van der Waals surface area contributed by atoms with E-state index >= 15 is 0 Å². The lowest BCUT2D eigenvalue weighted by Crippen LogP contribution is -2.10. The monoisotopic (exact) mass is 502 g/mol. The van der Waals surface area contributed by atoms with Crippen molar-refractivity contribution in [2.75, 3.05) is 24.9 Å². The minimum Gasteiger partial charge on any atom is -0.495 e. The summed E-state index contributed by atoms with van der Waals surface area (Å²) in [6.07, 6.45) is 3.69. The molecule has 2 N–H and O–H groups in total. The zero-order valence-electron chi connectivity index (χ0n) is 19.1.